The number of nitrogens with zero attached hydrogens (tertiary/aromatic N) is 2. The van der Waals surface area contributed by atoms with Gasteiger partial charge in [-0.15, -0.1) is 11.3 Å². The number of aliphatic carboxylic acids is 1. The second-order valence-electron chi connectivity index (χ2n) is 5.37. The predicted molar refractivity (Wildman–Crippen MR) is 96.4 cm³/mol. The Labute approximate surface area is 148 Å². The summed E-state index contributed by atoms with van der Waals surface area (Å²) >= 11 is 1.40. The van der Waals surface area contributed by atoms with Gasteiger partial charge in [-0.25, -0.2) is 9.97 Å². The summed E-state index contributed by atoms with van der Waals surface area (Å²) < 4.78 is 0. The van der Waals surface area contributed by atoms with Crippen molar-refractivity contribution in [3.8, 4) is 10.6 Å². The molecule has 25 heavy (non-hydrogen) atoms. The maximum Gasteiger partial charge on any atom is 0.307 e. The minimum absolute atomic E-state index is 0.0324. The molecule has 0 unspecified atom stereocenters. The molecule has 0 aliphatic rings. The summed E-state index contributed by atoms with van der Waals surface area (Å²) in [6.45, 7) is 1.54. The van der Waals surface area contributed by atoms with Crippen LogP contribution in [0.4, 0.5) is 11.6 Å². The van der Waals surface area contributed by atoms with Gasteiger partial charge in [-0.2, -0.15) is 0 Å². The van der Waals surface area contributed by atoms with E-state index in [1.807, 2.05) is 18.2 Å². The van der Waals surface area contributed by atoms with Crippen LogP contribution in [0.3, 0.4) is 0 Å². The number of carbonyl (C=O) groups is 2. The number of hydrogen-bond acceptors (Lipinski definition) is 6. The average molecular weight is 353 g/mol. The maximum atomic E-state index is 11.4. The van der Waals surface area contributed by atoms with Crippen LogP contribution in [0.25, 0.3) is 10.6 Å². The van der Waals surface area contributed by atoms with Crippen LogP contribution in [0.5, 0.6) is 0 Å². The Kier molecular flexibility index (Phi) is 4.85. The fraction of sp³-hybridized carbons (Fsp3) is 0.111. The molecule has 0 aliphatic heterocycles. The van der Waals surface area contributed by atoms with Crippen molar-refractivity contribution in [2.75, 3.05) is 5.32 Å². The second-order valence-corrected chi connectivity index (χ2v) is 6.46. The normalized spacial score (nSPS) is 10.4. The van der Waals surface area contributed by atoms with Crippen molar-refractivity contribution in [1.29, 1.82) is 0 Å². The van der Waals surface area contributed by atoms with Gasteiger partial charge in [0.2, 0.25) is 0 Å². The van der Waals surface area contributed by atoms with Gasteiger partial charge in [0.15, 0.2) is 5.78 Å². The van der Waals surface area contributed by atoms with Crippen molar-refractivity contribution in [2.24, 2.45) is 0 Å². The maximum absolute atomic E-state index is 11.4. The number of rotatable bonds is 6. The van der Waals surface area contributed by atoms with Crippen molar-refractivity contribution < 1.29 is 14.7 Å². The predicted octanol–water partition coefficient (Wildman–Crippen LogP) is 3.78. The molecule has 0 radical (unpaired) electrons. The highest BCUT2D eigenvalue weighted by Crippen LogP contribution is 2.28. The Balaban J connectivity index is 1.82. The third-order valence-electron chi connectivity index (χ3n) is 3.39. The number of carboxylic acids is 1. The minimum atomic E-state index is -0.892. The lowest BCUT2D eigenvalue weighted by molar-refractivity contribution is -0.136. The monoisotopic (exact) mass is 353 g/mol. The largest absolute Gasteiger partial charge is 0.481 e. The summed E-state index contributed by atoms with van der Waals surface area (Å²) in [5, 5.41) is 12.0. The molecule has 3 aromatic heterocycles. The number of pyridine rings is 2. The molecule has 0 saturated carbocycles. The van der Waals surface area contributed by atoms with Crippen molar-refractivity contribution in [1.82, 2.24) is 9.97 Å². The molecule has 2 N–H and O–H groups in total. The smallest absolute Gasteiger partial charge is 0.307 e. The van der Waals surface area contributed by atoms with E-state index in [1.54, 1.807) is 30.5 Å². The molecule has 0 saturated heterocycles. The fourth-order valence-electron chi connectivity index (χ4n) is 2.26. The number of hydrogen-bond donors (Lipinski definition) is 2. The van der Waals surface area contributed by atoms with E-state index in [-0.39, 0.29) is 12.2 Å². The third kappa shape index (κ3) is 4.27. The fourth-order valence-corrected chi connectivity index (χ4v) is 3.14. The molecule has 0 bridgehead atoms. The lowest BCUT2D eigenvalue weighted by Crippen LogP contribution is -2.02. The number of Topliss-reactive ketones (excluding diaryl/α,β-unsaturated/α-hetero) is 1. The number of thiophene rings is 1. The zero-order chi connectivity index (χ0) is 17.8. The van der Waals surface area contributed by atoms with E-state index in [2.05, 4.69) is 15.3 Å². The van der Waals surface area contributed by atoms with E-state index in [0.717, 1.165) is 10.6 Å². The van der Waals surface area contributed by atoms with E-state index in [0.29, 0.717) is 22.1 Å². The summed E-state index contributed by atoms with van der Waals surface area (Å²) in [6, 6.07) is 12.5. The Hall–Kier alpha value is -3.06. The molecule has 0 atom stereocenters. The molecule has 0 aromatic carbocycles. The Morgan fingerprint density at radius 3 is 2.72 bits per heavy atom. The average Bonchev–Trinajstić information content (AvgIpc) is 3.05. The standard InChI is InChI=1S/C18H15N3O3S/c1-11(22)14-5-6-15(25-14)13-3-2-4-16(20-13)21-17-9-12(7-8-19-17)10-18(23)24/h2-9H,10H2,1H3,(H,23,24)(H,19,20,21). The van der Waals surface area contributed by atoms with Gasteiger partial charge in [-0.05, 0) is 48.9 Å². The highest BCUT2D eigenvalue weighted by Gasteiger charge is 2.09. The van der Waals surface area contributed by atoms with Crippen LogP contribution in [0.2, 0.25) is 0 Å². The molecule has 6 nitrogen and oxygen atoms in total. The van der Waals surface area contributed by atoms with Gasteiger partial charge in [0.25, 0.3) is 0 Å². The summed E-state index contributed by atoms with van der Waals surface area (Å²) in [5.41, 5.74) is 1.41. The summed E-state index contributed by atoms with van der Waals surface area (Å²) in [7, 11) is 0. The molecular formula is C18H15N3O3S. The molecule has 0 aliphatic carbocycles. The molecule has 0 fully saturated rings. The molecule has 0 amide bonds. The van der Waals surface area contributed by atoms with Crippen LogP contribution in [0, 0.1) is 0 Å². The SMILES string of the molecule is CC(=O)c1ccc(-c2cccc(Nc3cc(CC(=O)O)ccn3)n2)s1. The van der Waals surface area contributed by atoms with Gasteiger partial charge in [-0.3, -0.25) is 9.59 Å². The second kappa shape index (κ2) is 7.23. The van der Waals surface area contributed by atoms with Gasteiger partial charge in [-0.1, -0.05) is 6.07 Å². The number of aromatic nitrogens is 2. The van der Waals surface area contributed by atoms with E-state index in [4.69, 9.17) is 5.11 Å². The quantitative estimate of drug-likeness (QED) is 0.655. The summed E-state index contributed by atoms with van der Waals surface area (Å²) in [6.07, 6.45) is 1.50. The van der Waals surface area contributed by atoms with Gasteiger partial charge in [0, 0.05) is 6.20 Å². The molecule has 3 rings (SSSR count). The van der Waals surface area contributed by atoms with Crippen LogP contribution >= 0.6 is 11.3 Å². The van der Waals surface area contributed by atoms with Gasteiger partial charge in [0.05, 0.1) is 21.9 Å². The first-order valence-electron chi connectivity index (χ1n) is 7.53. The van der Waals surface area contributed by atoms with Crippen LogP contribution in [0.1, 0.15) is 22.2 Å². The number of carboxylic acid groups (broad SMARTS) is 1. The summed E-state index contributed by atoms with van der Waals surface area (Å²) in [4.78, 5) is 32.6. The Morgan fingerprint density at radius 1 is 1.16 bits per heavy atom. The highest BCUT2D eigenvalue weighted by molar-refractivity contribution is 7.17. The van der Waals surface area contributed by atoms with E-state index >= 15 is 0 Å². The molecule has 7 heteroatoms. The molecule has 126 valence electrons. The van der Waals surface area contributed by atoms with Crippen molar-refractivity contribution in [2.45, 2.75) is 13.3 Å². The third-order valence-corrected chi connectivity index (χ3v) is 4.60. The lowest BCUT2D eigenvalue weighted by Gasteiger charge is -2.07. The van der Waals surface area contributed by atoms with Gasteiger partial charge < -0.3 is 10.4 Å². The lowest BCUT2D eigenvalue weighted by atomic mass is 10.2. The first-order chi connectivity index (χ1) is 12.0. The first kappa shape index (κ1) is 16.8. The molecule has 0 spiro atoms. The van der Waals surface area contributed by atoms with Crippen molar-refractivity contribution >= 4 is 34.7 Å². The Bertz CT molecular complexity index is 937. The van der Waals surface area contributed by atoms with E-state index in [9.17, 15) is 9.59 Å². The zero-order valence-electron chi connectivity index (χ0n) is 13.4. The van der Waals surface area contributed by atoms with Crippen LogP contribution in [-0.2, 0) is 11.2 Å². The zero-order valence-corrected chi connectivity index (χ0v) is 14.2. The van der Waals surface area contributed by atoms with E-state index < -0.39 is 5.97 Å². The molecular weight excluding hydrogens is 338 g/mol. The number of nitrogens with one attached hydrogen (secondary N) is 1. The van der Waals surface area contributed by atoms with E-state index in [1.165, 1.54) is 18.3 Å². The van der Waals surface area contributed by atoms with Crippen molar-refractivity contribution in [3.05, 3.63) is 59.1 Å². The molecule has 3 heterocycles. The van der Waals surface area contributed by atoms with Gasteiger partial charge >= 0.3 is 5.97 Å². The number of anilines is 2. The van der Waals surface area contributed by atoms with Crippen LogP contribution < -0.4 is 5.32 Å². The summed E-state index contributed by atoms with van der Waals surface area (Å²) in [5.74, 6) is 0.260. The van der Waals surface area contributed by atoms with Crippen LogP contribution in [0.15, 0.2) is 48.7 Å². The number of ketones is 1. The molecule has 3 aromatic rings. The van der Waals surface area contributed by atoms with Crippen molar-refractivity contribution in [3.63, 3.8) is 0 Å². The van der Waals surface area contributed by atoms with Gasteiger partial charge in [0.1, 0.15) is 11.6 Å². The Morgan fingerprint density at radius 2 is 2.00 bits per heavy atom. The minimum Gasteiger partial charge on any atom is -0.481 e. The van der Waals surface area contributed by atoms with Crippen LogP contribution in [-0.4, -0.2) is 26.8 Å². The number of carbonyl (C=O) groups excluding carboxylic acids is 1. The highest BCUT2D eigenvalue weighted by atomic mass is 32.1. The first-order valence-corrected chi connectivity index (χ1v) is 8.35. The topological polar surface area (TPSA) is 92.2 Å².